The summed E-state index contributed by atoms with van der Waals surface area (Å²) in [5.74, 6) is 1.11. The molecule has 7 heteroatoms. The van der Waals surface area contributed by atoms with Gasteiger partial charge in [0.25, 0.3) is 5.91 Å². The molecule has 0 saturated carbocycles. The van der Waals surface area contributed by atoms with Gasteiger partial charge in [-0.05, 0) is 46.1 Å². The Morgan fingerprint density at radius 1 is 1.20 bits per heavy atom. The molecule has 1 amide bonds. The van der Waals surface area contributed by atoms with Crippen molar-refractivity contribution < 1.29 is 9.53 Å². The molecule has 0 unspecified atom stereocenters. The highest BCUT2D eigenvalue weighted by atomic mass is 79.9. The van der Waals surface area contributed by atoms with E-state index in [1.54, 1.807) is 7.11 Å². The van der Waals surface area contributed by atoms with Crippen molar-refractivity contribution in [3.05, 3.63) is 40.1 Å². The number of piperazine rings is 1. The number of hydrogen-bond acceptors (Lipinski definition) is 4. The second kappa shape index (κ2) is 7.47. The van der Waals surface area contributed by atoms with Gasteiger partial charge in [-0.2, -0.15) is 5.10 Å². The Hall–Kier alpha value is -2.02. The topological polar surface area (TPSA) is 61.5 Å². The lowest BCUT2D eigenvalue weighted by Crippen LogP contribution is -2.49. The predicted molar refractivity (Wildman–Crippen MR) is 101 cm³/mol. The minimum absolute atomic E-state index is 0.0237. The summed E-state index contributed by atoms with van der Waals surface area (Å²) in [7, 11) is 1.66. The molecule has 1 saturated heterocycles. The van der Waals surface area contributed by atoms with Crippen molar-refractivity contribution in [1.29, 1.82) is 0 Å². The highest BCUT2D eigenvalue weighted by Gasteiger charge is 2.27. The lowest BCUT2D eigenvalue weighted by molar-refractivity contribution is 0.0740. The maximum atomic E-state index is 12.8. The van der Waals surface area contributed by atoms with E-state index >= 15 is 0 Å². The number of carbonyl (C=O) groups excluding carboxylic acids is 1. The number of methoxy groups -OCH3 is 1. The third kappa shape index (κ3) is 3.66. The van der Waals surface area contributed by atoms with Gasteiger partial charge in [0.05, 0.1) is 17.3 Å². The Morgan fingerprint density at radius 3 is 2.36 bits per heavy atom. The molecule has 0 spiro atoms. The summed E-state index contributed by atoms with van der Waals surface area (Å²) in [5, 5.41) is 7.19. The first-order valence-corrected chi connectivity index (χ1v) is 9.22. The van der Waals surface area contributed by atoms with Crippen molar-refractivity contribution in [2.75, 3.05) is 38.2 Å². The molecule has 134 valence electrons. The Bertz CT molecular complexity index is 734. The lowest BCUT2D eigenvalue weighted by Gasteiger charge is -2.35. The van der Waals surface area contributed by atoms with E-state index in [9.17, 15) is 4.79 Å². The number of aromatic amines is 1. The van der Waals surface area contributed by atoms with Crippen LogP contribution in [0, 0.1) is 0 Å². The summed E-state index contributed by atoms with van der Waals surface area (Å²) in [6.07, 6.45) is 0. The number of ether oxygens (including phenoxy) is 1. The van der Waals surface area contributed by atoms with Crippen LogP contribution in [-0.4, -0.2) is 54.3 Å². The van der Waals surface area contributed by atoms with Gasteiger partial charge in [-0.15, -0.1) is 0 Å². The quantitative estimate of drug-likeness (QED) is 0.845. The van der Waals surface area contributed by atoms with Crippen molar-refractivity contribution in [1.82, 2.24) is 15.1 Å². The molecule has 0 aliphatic carbocycles. The van der Waals surface area contributed by atoms with Gasteiger partial charge in [0, 0.05) is 31.9 Å². The number of benzene rings is 1. The van der Waals surface area contributed by atoms with Gasteiger partial charge in [0.15, 0.2) is 5.69 Å². The summed E-state index contributed by atoms with van der Waals surface area (Å²) in [4.78, 5) is 16.9. The van der Waals surface area contributed by atoms with Crippen LogP contribution in [-0.2, 0) is 0 Å². The largest absolute Gasteiger partial charge is 0.497 e. The highest BCUT2D eigenvalue weighted by molar-refractivity contribution is 9.10. The monoisotopic (exact) mass is 406 g/mol. The molecule has 2 heterocycles. The fourth-order valence-corrected chi connectivity index (χ4v) is 3.78. The van der Waals surface area contributed by atoms with Crippen molar-refractivity contribution in [3.63, 3.8) is 0 Å². The van der Waals surface area contributed by atoms with Gasteiger partial charge >= 0.3 is 0 Å². The Morgan fingerprint density at radius 2 is 1.84 bits per heavy atom. The summed E-state index contributed by atoms with van der Waals surface area (Å²) >= 11 is 3.52. The fourth-order valence-electron chi connectivity index (χ4n) is 2.98. The number of anilines is 1. The minimum Gasteiger partial charge on any atom is -0.497 e. The van der Waals surface area contributed by atoms with Crippen LogP contribution in [0.3, 0.4) is 0 Å². The number of aromatic nitrogens is 2. The zero-order valence-electron chi connectivity index (χ0n) is 14.8. The molecule has 1 aliphatic heterocycles. The van der Waals surface area contributed by atoms with Crippen LogP contribution in [0.1, 0.15) is 35.9 Å². The molecule has 3 rings (SSSR count). The SMILES string of the molecule is COc1ccc(N2CCN(C(=O)c3n[nH]c(C(C)C)c3Br)CC2)cc1. The number of H-pyrrole nitrogens is 1. The zero-order valence-corrected chi connectivity index (χ0v) is 16.3. The van der Waals surface area contributed by atoms with E-state index in [1.165, 1.54) is 0 Å². The summed E-state index contributed by atoms with van der Waals surface area (Å²) < 4.78 is 5.98. The van der Waals surface area contributed by atoms with Crippen LogP contribution < -0.4 is 9.64 Å². The number of rotatable bonds is 4. The van der Waals surface area contributed by atoms with E-state index in [0.717, 1.165) is 34.7 Å². The second-order valence-electron chi connectivity index (χ2n) is 6.43. The zero-order chi connectivity index (χ0) is 18.0. The Kier molecular flexibility index (Phi) is 5.32. The lowest BCUT2D eigenvalue weighted by atomic mass is 10.1. The number of nitrogens with zero attached hydrogens (tertiary/aromatic N) is 3. The molecule has 1 aliphatic rings. The molecule has 1 aromatic carbocycles. The maximum Gasteiger partial charge on any atom is 0.275 e. The molecule has 1 N–H and O–H groups in total. The molecule has 0 atom stereocenters. The number of hydrogen-bond donors (Lipinski definition) is 1. The van der Waals surface area contributed by atoms with E-state index in [1.807, 2.05) is 17.0 Å². The van der Waals surface area contributed by atoms with E-state index < -0.39 is 0 Å². The van der Waals surface area contributed by atoms with Crippen LogP contribution in [0.15, 0.2) is 28.7 Å². The van der Waals surface area contributed by atoms with Gasteiger partial charge in [-0.1, -0.05) is 13.8 Å². The molecule has 1 aromatic heterocycles. The Balaban J connectivity index is 1.64. The fraction of sp³-hybridized carbons (Fsp3) is 0.444. The smallest absolute Gasteiger partial charge is 0.275 e. The molecule has 0 bridgehead atoms. The van der Waals surface area contributed by atoms with Gasteiger partial charge < -0.3 is 14.5 Å². The first kappa shape index (κ1) is 17.8. The second-order valence-corrected chi connectivity index (χ2v) is 7.22. The van der Waals surface area contributed by atoms with E-state index in [0.29, 0.717) is 18.8 Å². The number of carbonyl (C=O) groups is 1. The van der Waals surface area contributed by atoms with Crippen LogP contribution in [0.2, 0.25) is 0 Å². The number of halogens is 1. The van der Waals surface area contributed by atoms with Crippen molar-refractivity contribution in [2.24, 2.45) is 0 Å². The van der Waals surface area contributed by atoms with Gasteiger partial charge in [-0.3, -0.25) is 9.89 Å². The van der Waals surface area contributed by atoms with Crippen LogP contribution in [0.5, 0.6) is 5.75 Å². The van der Waals surface area contributed by atoms with Gasteiger partial charge in [0.2, 0.25) is 0 Å². The van der Waals surface area contributed by atoms with Crippen LogP contribution in [0.25, 0.3) is 0 Å². The number of amides is 1. The number of nitrogens with one attached hydrogen (secondary N) is 1. The summed E-state index contributed by atoms with van der Waals surface area (Å²) in [5.41, 5.74) is 2.58. The van der Waals surface area contributed by atoms with Crippen molar-refractivity contribution in [3.8, 4) is 5.75 Å². The maximum absolute atomic E-state index is 12.8. The van der Waals surface area contributed by atoms with E-state index in [-0.39, 0.29) is 11.8 Å². The Labute approximate surface area is 156 Å². The van der Waals surface area contributed by atoms with Crippen molar-refractivity contribution in [2.45, 2.75) is 19.8 Å². The van der Waals surface area contributed by atoms with Crippen LogP contribution in [0.4, 0.5) is 5.69 Å². The van der Waals surface area contributed by atoms with Crippen LogP contribution >= 0.6 is 15.9 Å². The summed E-state index contributed by atoms with van der Waals surface area (Å²) in [6.45, 7) is 7.11. The molecule has 0 radical (unpaired) electrons. The third-order valence-electron chi connectivity index (χ3n) is 4.52. The third-order valence-corrected chi connectivity index (χ3v) is 5.32. The average molecular weight is 407 g/mol. The van der Waals surface area contributed by atoms with Gasteiger partial charge in [0.1, 0.15) is 5.75 Å². The average Bonchev–Trinajstić information content (AvgIpc) is 3.03. The first-order valence-electron chi connectivity index (χ1n) is 8.43. The van der Waals surface area contributed by atoms with Crippen molar-refractivity contribution >= 4 is 27.5 Å². The van der Waals surface area contributed by atoms with E-state index in [2.05, 4.69) is 57.0 Å². The molecule has 1 fully saturated rings. The molecule has 6 nitrogen and oxygen atoms in total. The molecular formula is C18H23BrN4O2. The molecule has 2 aromatic rings. The standard InChI is InChI=1S/C18H23BrN4O2/c1-12(2)16-15(19)17(21-20-16)18(24)23-10-8-22(9-11-23)13-4-6-14(25-3)7-5-13/h4-7,12H,8-11H2,1-3H3,(H,20,21). The molecule has 25 heavy (non-hydrogen) atoms. The molecular weight excluding hydrogens is 384 g/mol. The van der Waals surface area contributed by atoms with Gasteiger partial charge in [-0.25, -0.2) is 0 Å². The first-order chi connectivity index (χ1) is 12.0. The summed E-state index contributed by atoms with van der Waals surface area (Å²) in [6, 6.07) is 8.02. The highest BCUT2D eigenvalue weighted by Crippen LogP contribution is 2.27. The normalized spacial score (nSPS) is 14.9. The predicted octanol–water partition coefficient (Wildman–Crippen LogP) is 3.27. The van der Waals surface area contributed by atoms with E-state index in [4.69, 9.17) is 4.74 Å². The minimum atomic E-state index is -0.0237.